The number of nitrogens with zero attached hydrogens (tertiary/aromatic N) is 3. The van der Waals surface area contributed by atoms with E-state index in [1.54, 1.807) is 42.7 Å². The Kier molecular flexibility index (Phi) is 5.70. The third kappa shape index (κ3) is 4.68. The number of aromatic nitrogens is 1. The molecule has 0 N–H and O–H groups in total. The lowest BCUT2D eigenvalue weighted by molar-refractivity contribution is 0.0987. The van der Waals surface area contributed by atoms with Crippen molar-refractivity contribution in [3.05, 3.63) is 108 Å². The minimum Gasteiger partial charge on any atom is -0.463 e. The number of ether oxygens (including phenoxy) is 1. The van der Waals surface area contributed by atoms with Gasteiger partial charge >= 0.3 is 0 Å². The van der Waals surface area contributed by atoms with Gasteiger partial charge in [0.1, 0.15) is 17.3 Å². The first-order chi connectivity index (χ1) is 16.2. The molecule has 0 aliphatic carbocycles. The van der Waals surface area contributed by atoms with E-state index in [2.05, 4.69) is 10.1 Å². The van der Waals surface area contributed by atoms with Gasteiger partial charge in [-0.05, 0) is 67.1 Å². The molecule has 0 atom stereocenters. The van der Waals surface area contributed by atoms with E-state index in [0.717, 1.165) is 15.8 Å². The van der Waals surface area contributed by atoms with Crippen LogP contribution in [0.4, 0.5) is 5.13 Å². The van der Waals surface area contributed by atoms with Crippen LogP contribution in [0, 0.1) is 6.92 Å². The molecule has 7 heteroatoms. The Hall–Kier alpha value is -4.23. The molecule has 0 unspecified atom stereocenters. The summed E-state index contributed by atoms with van der Waals surface area (Å²) in [4.78, 5) is 18.2. The maximum Gasteiger partial charge on any atom is 0.280 e. The molecule has 1 amide bonds. The number of thiazole rings is 1. The van der Waals surface area contributed by atoms with Crippen LogP contribution < -0.4 is 9.75 Å². The fourth-order valence-electron chi connectivity index (χ4n) is 3.22. The van der Waals surface area contributed by atoms with E-state index in [1.165, 1.54) is 22.6 Å². The number of furan rings is 1. The number of rotatable bonds is 6. The SMILES string of the molecule is Cc1ccc2nc(N(/N=C/c3ccco3)C(=O)c3cccc(Oc4ccccc4)c3)sc2c1. The molecule has 0 spiro atoms. The highest BCUT2D eigenvalue weighted by Gasteiger charge is 2.22. The van der Waals surface area contributed by atoms with Crippen LogP contribution in [0.1, 0.15) is 21.7 Å². The molecule has 0 aliphatic heterocycles. The molecular weight excluding hydrogens is 434 g/mol. The second-order valence-corrected chi connectivity index (χ2v) is 8.30. The zero-order valence-corrected chi connectivity index (χ0v) is 18.5. The Morgan fingerprint density at radius 3 is 2.67 bits per heavy atom. The van der Waals surface area contributed by atoms with E-state index in [0.29, 0.717) is 28.0 Å². The summed E-state index contributed by atoms with van der Waals surface area (Å²) in [5.74, 6) is 1.45. The number of hydrazone groups is 1. The summed E-state index contributed by atoms with van der Waals surface area (Å²) < 4.78 is 12.2. The second-order valence-electron chi connectivity index (χ2n) is 7.29. The first-order valence-corrected chi connectivity index (χ1v) is 11.1. The molecule has 0 saturated carbocycles. The van der Waals surface area contributed by atoms with Crippen LogP contribution in [0.3, 0.4) is 0 Å². The Morgan fingerprint density at radius 1 is 1.00 bits per heavy atom. The van der Waals surface area contributed by atoms with Crippen LogP contribution in [-0.4, -0.2) is 17.1 Å². The maximum absolute atomic E-state index is 13.5. The first kappa shape index (κ1) is 20.7. The minimum absolute atomic E-state index is 0.327. The largest absolute Gasteiger partial charge is 0.463 e. The summed E-state index contributed by atoms with van der Waals surface area (Å²) in [5.41, 5.74) is 2.36. The van der Waals surface area contributed by atoms with Gasteiger partial charge in [0.25, 0.3) is 5.91 Å². The molecule has 2 heterocycles. The quantitative estimate of drug-likeness (QED) is 0.213. The van der Waals surface area contributed by atoms with Gasteiger partial charge < -0.3 is 9.15 Å². The average molecular weight is 454 g/mol. The van der Waals surface area contributed by atoms with Crippen molar-refractivity contribution in [2.24, 2.45) is 5.10 Å². The highest BCUT2D eigenvalue weighted by molar-refractivity contribution is 7.22. The molecule has 5 rings (SSSR count). The highest BCUT2D eigenvalue weighted by atomic mass is 32.1. The van der Waals surface area contributed by atoms with Gasteiger partial charge in [0, 0.05) is 5.56 Å². The lowest BCUT2D eigenvalue weighted by Gasteiger charge is -2.14. The number of anilines is 1. The van der Waals surface area contributed by atoms with Crippen LogP contribution >= 0.6 is 11.3 Å². The van der Waals surface area contributed by atoms with Gasteiger partial charge in [-0.25, -0.2) is 4.98 Å². The Balaban J connectivity index is 1.50. The molecule has 0 fully saturated rings. The van der Waals surface area contributed by atoms with Gasteiger partial charge in [-0.1, -0.05) is 41.7 Å². The number of hydrogen-bond acceptors (Lipinski definition) is 6. The maximum atomic E-state index is 13.5. The van der Waals surface area contributed by atoms with E-state index < -0.39 is 0 Å². The number of hydrogen-bond donors (Lipinski definition) is 0. The summed E-state index contributed by atoms with van der Waals surface area (Å²) in [6, 6.07) is 25.9. The Morgan fingerprint density at radius 2 is 1.85 bits per heavy atom. The molecule has 0 radical (unpaired) electrons. The van der Waals surface area contributed by atoms with Gasteiger partial charge in [-0.15, -0.1) is 0 Å². The molecule has 6 nitrogen and oxygen atoms in total. The van der Waals surface area contributed by atoms with Crippen LogP contribution in [0.15, 0.2) is 101 Å². The third-order valence-corrected chi connectivity index (χ3v) is 5.80. The summed E-state index contributed by atoms with van der Waals surface area (Å²) in [6.07, 6.45) is 3.05. The van der Waals surface area contributed by atoms with Crippen molar-refractivity contribution in [1.29, 1.82) is 0 Å². The molecule has 3 aromatic carbocycles. The zero-order chi connectivity index (χ0) is 22.6. The van der Waals surface area contributed by atoms with Gasteiger partial charge in [0.15, 0.2) is 0 Å². The molecule has 0 bridgehead atoms. The number of para-hydroxylation sites is 1. The van der Waals surface area contributed by atoms with Crippen LogP contribution in [0.25, 0.3) is 10.2 Å². The molecule has 5 aromatic rings. The van der Waals surface area contributed by atoms with Gasteiger partial charge in [0.2, 0.25) is 5.13 Å². The van der Waals surface area contributed by atoms with Gasteiger partial charge in [-0.3, -0.25) is 4.79 Å². The van der Waals surface area contributed by atoms with Crippen molar-refractivity contribution < 1.29 is 13.9 Å². The van der Waals surface area contributed by atoms with E-state index in [1.807, 2.05) is 55.5 Å². The third-order valence-electron chi connectivity index (χ3n) is 4.81. The number of aryl methyl sites for hydroxylation is 1. The molecule has 0 saturated heterocycles. The standard InChI is InChI=1S/C26H19N3O3S/c1-18-12-13-23-24(15-18)33-26(28-23)29(27-17-22-11-6-14-31-22)25(30)19-7-5-10-21(16-19)32-20-8-3-2-4-9-20/h2-17H,1H3/b27-17+. The lowest BCUT2D eigenvalue weighted by Crippen LogP contribution is -2.25. The van der Waals surface area contributed by atoms with Crippen molar-refractivity contribution in [3.63, 3.8) is 0 Å². The number of carbonyl (C=O) groups excluding carboxylic acids is 1. The smallest absolute Gasteiger partial charge is 0.280 e. The number of benzene rings is 3. The zero-order valence-electron chi connectivity index (χ0n) is 17.7. The van der Waals surface area contributed by atoms with Crippen molar-refractivity contribution in [2.45, 2.75) is 6.92 Å². The molecule has 162 valence electrons. The fourth-order valence-corrected chi connectivity index (χ4v) is 4.24. The highest BCUT2D eigenvalue weighted by Crippen LogP contribution is 2.31. The second kappa shape index (κ2) is 9.10. The normalized spacial score (nSPS) is 11.2. The van der Waals surface area contributed by atoms with E-state index in [9.17, 15) is 4.79 Å². The predicted molar refractivity (Wildman–Crippen MR) is 130 cm³/mol. The molecule has 0 aliphatic rings. The number of carbonyl (C=O) groups is 1. The lowest BCUT2D eigenvalue weighted by atomic mass is 10.2. The Bertz CT molecular complexity index is 1430. The van der Waals surface area contributed by atoms with Crippen LogP contribution in [0.5, 0.6) is 11.5 Å². The fraction of sp³-hybridized carbons (Fsp3) is 0.0385. The first-order valence-electron chi connectivity index (χ1n) is 10.3. The van der Waals surface area contributed by atoms with Crippen molar-refractivity contribution >= 4 is 38.8 Å². The van der Waals surface area contributed by atoms with Crippen molar-refractivity contribution in [1.82, 2.24) is 4.98 Å². The summed E-state index contributed by atoms with van der Waals surface area (Å²) >= 11 is 1.40. The van der Waals surface area contributed by atoms with Gasteiger partial charge in [0.05, 0.1) is 22.7 Å². The van der Waals surface area contributed by atoms with Gasteiger partial charge in [-0.2, -0.15) is 10.1 Å². The topological polar surface area (TPSA) is 67.9 Å². The minimum atomic E-state index is -0.327. The summed E-state index contributed by atoms with van der Waals surface area (Å²) in [5, 5.41) is 6.18. The van der Waals surface area contributed by atoms with Crippen LogP contribution in [-0.2, 0) is 0 Å². The average Bonchev–Trinajstić information content (AvgIpc) is 3.49. The summed E-state index contributed by atoms with van der Waals surface area (Å²) in [7, 11) is 0. The predicted octanol–water partition coefficient (Wildman–Crippen LogP) is 6.67. The van der Waals surface area contributed by atoms with Crippen molar-refractivity contribution in [2.75, 3.05) is 5.01 Å². The Labute approximate surface area is 194 Å². The number of fused-ring (bicyclic) bond motifs is 1. The molecule has 2 aromatic heterocycles. The number of amides is 1. The van der Waals surface area contributed by atoms with Crippen LogP contribution in [0.2, 0.25) is 0 Å². The summed E-state index contributed by atoms with van der Waals surface area (Å²) in [6.45, 7) is 2.02. The van der Waals surface area contributed by atoms with E-state index in [4.69, 9.17) is 9.15 Å². The molecule has 33 heavy (non-hydrogen) atoms. The molecular formula is C26H19N3O3S. The van der Waals surface area contributed by atoms with Crippen molar-refractivity contribution in [3.8, 4) is 11.5 Å². The van der Waals surface area contributed by atoms with E-state index >= 15 is 0 Å². The van der Waals surface area contributed by atoms with E-state index in [-0.39, 0.29) is 5.91 Å². The monoisotopic (exact) mass is 453 g/mol.